The summed E-state index contributed by atoms with van der Waals surface area (Å²) < 4.78 is 31.5. The molecule has 1 aromatic carbocycles. The molecule has 0 aliphatic carbocycles. The first kappa shape index (κ1) is 18.7. The Morgan fingerprint density at radius 2 is 1.92 bits per heavy atom. The number of amides is 1. The van der Waals surface area contributed by atoms with Crippen LogP contribution in [0.25, 0.3) is 0 Å². The Hall–Kier alpha value is -1.60. The van der Waals surface area contributed by atoms with Gasteiger partial charge in [0, 0.05) is 26.2 Å². The summed E-state index contributed by atoms with van der Waals surface area (Å²) in [5.41, 5.74) is 0.516. The summed E-state index contributed by atoms with van der Waals surface area (Å²) in [5.74, 6) is 0.615. The molecule has 0 unspecified atom stereocenters. The fourth-order valence-electron chi connectivity index (χ4n) is 2.82. The molecule has 0 saturated carbocycles. The standard InChI is InChI=1S/C17H26N2O4S/c1-3-4-14-24(21,22)19-11-7-10-18(12-13-19)17(20)15-8-5-6-9-16(15)23-2/h5-6,8-9H,3-4,7,10-14H2,1-2H3. The van der Waals surface area contributed by atoms with Crippen molar-refractivity contribution in [3.63, 3.8) is 0 Å². The van der Waals surface area contributed by atoms with Crippen LogP contribution in [-0.4, -0.2) is 62.6 Å². The van der Waals surface area contributed by atoms with Gasteiger partial charge in [-0.3, -0.25) is 4.79 Å². The zero-order valence-corrected chi connectivity index (χ0v) is 15.2. The molecule has 24 heavy (non-hydrogen) atoms. The van der Waals surface area contributed by atoms with Crippen LogP contribution in [0.2, 0.25) is 0 Å². The molecule has 0 aromatic heterocycles. The first-order chi connectivity index (χ1) is 11.5. The van der Waals surface area contributed by atoms with Gasteiger partial charge in [0.05, 0.1) is 18.4 Å². The number of hydrogen-bond acceptors (Lipinski definition) is 4. The highest BCUT2D eigenvalue weighted by atomic mass is 32.2. The van der Waals surface area contributed by atoms with Gasteiger partial charge in [-0.05, 0) is 25.0 Å². The number of carbonyl (C=O) groups is 1. The molecule has 1 fully saturated rings. The van der Waals surface area contributed by atoms with Crippen LogP contribution in [0.15, 0.2) is 24.3 Å². The van der Waals surface area contributed by atoms with Crippen LogP contribution in [0.5, 0.6) is 5.75 Å². The molecule has 2 rings (SSSR count). The fraction of sp³-hybridized carbons (Fsp3) is 0.588. The molecule has 0 N–H and O–H groups in total. The Morgan fingerprint density at radius 1 is 1.17 bits per heavy atom. The molecule has 0 bridgehead atoms. The van der Waals surface area contributed by atoms with Gasteiger partial charge < -0.3 is 9.64 Å². The quantitative estimate of drug-likeness (QED) is 0.783. The summed E-state index contributed by atoms with van der Waals surface area (Å²) >= 11 is 0. The van der Waals surface area contributed by atoms with Crippen LogP contribution in [0.4, 0.5) is 0 Å². The second kappa shape index (κ2) is 8.48. The van der Waals surface area contributed by atoms with Gasteiger partial charge in [-0.15, -0.1) is 0 Å². The molecule has 0 spiro atoms. The number of unbranched alkanes of at least 4 members (excludes halogenated alkanes) is 1. The topological polar surface area (TPSA) is 66.9 Å². The van der Waals surface area contributed by atoms with Crippen LogP contribution < -0.4 is 4.74 Å². The van der Waals surface area contributed by atoms with Gasteiger partial charge in [-0.1, -0.05) is 25.5 Å². The van der Waals surface area contributed by atoms with Crippen molar-refractivity contribution in [3.8, 4) is 5.75 Å². The van der Waals surface area contributed by atoms with Crippen molar-refractivity contribution in [2.75, 3.05) is 39.0 Å². The highest BCUT2D eigenvalue weighted by Crippen LogP contribution is 2.20. The second-order valence-corrected chi connectivity index (χ2v) is 8.00. The molecule has 1 aliphatic heterocycles. The van der Waals surface area contributed by atoms with E-state index in [0.717, 1.165) is 6.42 Å². The molecule has 134 valence electrons. The number of sulfonamides is 1. The van der Waals surface area contributed by atoms with Gasteiger partial charge in [0.1, 0.15) is 5.75 Å². The molecule has 1 amide bonds. The van der Waals surface area contributed by atoms with Gasteiger partial charge in [0.15, 0.2) is 0 Å². The molecule has 1 heterocycles. The maximum Gasteiger partial charge on any atom is 0.257 e. The van der Waals surface area contributed by atoms with E-state index in [1.165, 1.54) is 11.4 Å². The van der Waals surface area contributed by atoms with Crippen LogP contribution in [0, 0.1) is 0 Å². The Morgan fingerprint density at radius 3 is 2.62 bits per heavy atom. The molecule has 0 atom stereocenters. The summed E-state index contributed by atoms with van der Waals surface area (Å²) in [6, 6.07) is 7.11. The van der Waals surface area contributed by atoms with E-state index in [4.69, 9.17) is 4.74 Å². The van der Waals surface area contributed by atoms with Crippen molar-refractivity contribution in [1.82, 2.24) is 9.21 Å². The lowest BCUT2D eigenvalue weighted by atomic mass is 10.1. The predicted molar refractivity (Wildman–Crippen MR) is 93.8 cm³/mol. The van der Waals surface area contributed by atoms with Crippen LogP contribution in [0.1, 0.15) is 36.5 Å². The SMILES string of the molecule is CCCCS(=O)(=O)N1CCCN(C(=O)c2ccccc2OC)CC1. The highest BCUT2D eigenvalue weighted by Gasteiger charge is 2.27. The number of methoxy groups -OCH3 is 1. The molecular weight excluding hydrogens is 328 g/mol. The molecule has 7 heteroatoms. The van der Waals surface area contributed by atoms with E-state index in [-0.39, 0.29) is 11.7 Å². The number of para-hydroxylation sites is 1. The first-order valence-corrected chi connectivity index (χ1v) is 10.0. The minimum Gasteiger partial charge on any atom is -0.496 e. The number of ether oxygens (including phenoxy) is 1. The number of rotatable bonds is 6. The normalized spacial score (nSPS) is 16.7. The average Bonchev–Trinajstić information content (AvgIpc) is 2.86. The zero-order valence-electron chi connectivity index (χ0n) is 14.4. The summed E-state index contributed by atoms with van der Waals surface area (Å²) in [6.45, 7) is 3.76. The maximum absolute atomic E-state index is 12.7. The van der Waals surface area contributed by atoms with Gasteiger partial charge in [-0.2, -0.15) is 0 Å². The fourth-order valence-corrected chi connectivity index (χ4v) is 4.50. The van der Waals surface area contributed by atoms with Gasteiger partial charge in [0.25, 0.3) is 5.91 Å². The van der Waals surface area contributed by atoms with Crippen molar-refractivity contribution in [3.05, 3.63) is 29.8 Å². The van der Waals surface area contributed by atoms with E-state index < -0.39 is 10.0 Å². The lowest BCUT2D eigenvalue weighted by Gasteiger charge is -2.22. The summed E-state index contributed by atoms with van der Waals surface area (Å²) in [7, 11) is -1.69. The third kappa shape index (κ3) is 4.48. The third-order valence-corrected chi connectivity index (χ3v) is 6.19. The van der Waals surface area contributed by atoms with Crippen molar-refractivity contribution < 1.29 is 17.9 Å². The smallest absolute Gasteiger partial charge is 0.257 e. The molecular formula is C17H26N2O4S. The van der Waals surface area contributed by atoms with E-state index in [2.05, 4.69) is 0 Å². The first-order valence-electron chi connectivity index (χ1n) is 8.39. The molecule has 1 saturated heterocycles. The number of nitrogens with zero attached hydrogens (tertiary/aromatic N) is 2. The van der Waals surface area contributed by atoms with E-state index in [0.29, 0.717) is 50.3 Å². The van der Waals surface area contributed by atoms with Crippen LogP contribution >= 0.6 is 0 Å². The second-order valence-electron chi connectivity index (χ2n) is 5.91. The van der Waals surface area contributed by atoms with Crippen LogP contribution in [0.3, 0.4) is 0 Å². The summed E-state index contributed by atoms with van der Waals surface area (Å²) in [4.78, 5) is 14.5. The molecule has 1 aromatic rings. The monoisotopic (exact) mass is 354 g/mol. The Kier molecular flexibility index (Phi) is 6.62. The third-order valence-electron chi connectivity index (χ3n) is 4.23. The summed E-state index contributed by atoms with van der Waals surface area (Å²) in [6.07, 6.45) is 2.17. The summed E-state index contributed by atoms with van der Waals surface area (Å²) in [5, 5.41) is 0. The van der Waals surface area contributed by atoms with E-state index >= 15 is 0 Å². The number of carbonyl (C=O) groups excluding carboxylic acids is 1. The Balaban J connectivity index is 2.06. The zero-order chi connectivity index (χ0) is 17.6. The predicted octanol–water partition coefficient (Wildman–Crippen LogP) is 1.97. The van der Waals surface area contributed by atoms with Gasteiger partial charge >= 0.3 is 0 Å². The highest BCUT2D eigenvalue weighted by molar-refractivity contribution is 7.89. The van der Waals surface area contributed by atoms with Crippen molar-refractivity contribution in [2.45, 2.75) is 26.2 Å². The maximum atomic E-state index is 12.7. The van der Waals surface area contributed by atoms with Crippen LogP contribution in [-0.2, 0) is 10.0 Å². The van der Waals surface area contributed by atoms with Gasteiger partial charge in [-0.25, -0.2) is 12.7 Å². The van der Waals surface area contributed by atoms with Crippen molar-refractivity contribution >= 4 is 15.9 Å². The van der Waals surface area contributed by atoms with Gasteiger partial charge in [0.2, 0.25) is 10.0 Å². The van der Waals surface area contributed by atoms with Crippen molar-refractivity contribution in [1.29, 1.82) is 0 Å². The molecule has 0 radical (unpaired) electrons. The van der Waals surface area contributed by atoms with E-state index in [9.17, 15) is 13.2 Å². The van der Waals surface area contributed by atoms with Crippen molar-refractivity contribution in [2.24, 2.45) is 0 Å². The molecule has 1 aliphatic rings. The number of benzene rings is 1. The minimum absolute atomic E-state index is 0.111. The van der Waals surface area contributed by atoms with E-state index in [1.807, 2.05) is 13.0 Å². The lowest BCUT2D eigenvalue weighted by molar-refractivity contribution is 0.0761. The van der Waals surface area contributed by atoms with E-state index in [1.54, 1.807) is 23.1 Å². The minimum atomic E-state index is -3.22. The number of hydrogen-bond donors (Lipinski definition) is 0. The largest absolute Gasteiger partial charge is 0.496 e. The Labute approximate surface area is 144 Å². The average molecular weight is 354 g/mol. The Bertz CT molecular complexity index is 660. The lowest BCUT2D eigenvalue weighted by Crippen LogP contribution is -2.38. The molecule has 6 nitrogen and oxygen atoms in total.